The standard InChI is InChI=1S/C11H11NO9/c1-19-7-5(11(15)16)4(10(13)14)6(12(17)18)8(20-2)9(7)21-3/h1-3H3,(H,13,14)(H,15,16). The van der Waals surface area contributed by atoms with Crippen LogP contribution in [0.1, 0.15) is 20.7 Å². The van der Waals surface area contributed by atoms with Crippen LogP contribution in [-0.2, 0) is 0 Å². The van der Waals surface area contributed by atoms with Gasteiger partial charge in [-0.25, -0.2) is 9.59 Å². The van der Waals surface area contributed by atoms with Crippen LogP contribution in [0, 0.1) is 10.1 Å². The molecule has 0 fully saturated rings. The summed E-state index contributed by atoms with van der Waals surface area (Å²) in [6.07, 6.45) is 0. The van der Waals surface area contributed by atoms with Gasteiger partial charge < -0.3 is 24.4 Å². The number of rotatable bonds is 6. The van der Waals surface area contributed by atoms with Gasteiger partial charge in [0.15, 0.2) is 11.3 Å². The highest BCUT2D eigenvalue weighted by molar-refractivity contribution is 6.08. The number of hydrogen-bond donors (Lipinski definition) is 2. The first-order valence-corrected chi connectivity index (χ1v) is 5.28. The molecule has 1 aromatic carbocycles. The number of ether oxygens (including phenoxy) is 3. The summed E-state index contributed by atoms with van der Waals surface area (Å²) in [5.41, 5.74) is -2.98. The summed E-state index contributed by atoms with van der Waals surface area (Å²) in [4.78, 5) is 32.6. The summed E-state index contributed by atoms with van der Waals surface area (Å²) in [7, 11) is 3.23. The second-order valence-electron chi connectivity index (χ2n) is 3.57. The molecular weight excluding hydrogens is 290 g/mol. The lowest BCUT2D eigenvalue weighted by Gasteiger charge is -2.16. The van der Waals surface area contributed by atoms with E-state index in [-0.39, 0.29) is 5.75 Å². The summed E-state index contributed by atoms with van der Waals surface area (Å²) >= 11 is 0. The first kappa shape index (κ1) is 16.0. The summed E-state index contributed by atoms with van der Waals surface area (Å²) in [5, 5.41) is 29.4. The third-order valence-corrected chi connectivity index (χ3v) is 2.56. The van der Waals surface area contributed by atoms with Crippen molar-refractivity contribution >= 4 is 17.6 Å². The predicted molar refractivity (Wildman–Crippen MR) is 66.7 cm³/mol. The molecule has 1 rings (SSSR count). The molecule has 0 radical (unpaired) electrons. The molecule has 0 amide bonds. The fourth-order valence-corrected chi connectivity index (χ4v) is 1.83. The van der Waals surface area contributed by atoms with Crippen molar-refractivity contribution in [2.24, 2.45) is 0 Å². The van der Waals surface area contributed by atoms with E-state index >= 15 is 0 Å². The predicted octanol–water partition coefficient (Wildman–Crippen LogP) is 1.02. The Morgan fingerprint density at radius 2 is 1.33 bits per heavy atom. The van der Waals surface area contributed by atoms with Crippen LogP contribution in [-0.4, -0.2) is 48.4 Å². The number of nitro benzene ring substituents is 1. The molecule has 0 heterocycles. The number of nitro groups is 1. The van der Waals surface area contributed by atoms with E-state index < -0.39 is 45.2 Å². The van der Waals surface area contributed by atoms with Crippen LogP contribution < -0.4 is 14.2 Å². The molecule has 0 saturated heterocycles. The van der Waals surface area contributed by atoms with Gasteiger partial charge in [-0.2, -0.15) is 0 Å². The van der Waals surface area contributed by atoms with E-state index in [4.69, 9.17) is 24.4 Å². The number of carboxylic acids is 2. The minimum atomic E-state index is -1.81. The van der Waals surface area contributed by atoms with Gasteiger partial charge in [-0.1, -0.05) is 0 Å². The van der Waals surface area contributed by atoms with E-state index in [1.807, 2.05) is 0 Å². The van der Waals surface area contributed by atoms with Gasteiger partial charge in [0.2, 0.25) is 11.5 Å². The minimum Gasteiger partial charge on any atom is -0.492 e. The van der Waals surface area contributed by atoms with Crippen LogP contribution in [0.4, 0.5) is 5.69 Å². The Labute approximate surface area is 117 Å². The maximum Gasteiger partial charge on any atom is 0.343 e. The fourth-order valence-electron chi connectivity index (χ4n) is 1.83. The van der Waals surface area contributed by atoms with Gasteiger partial charge in [-0.3, -0.25) is 10.1 Å². The fraction of sp³-hybridized carbons (Fsp3) is 0.273. The highest BCUT2D eigenvalue weighted by Crippen LogP contribution is 2.49. The molecule has 114 valence electrons. The third-order valence-electron chi connectivity index (χ3n) is 2.56. The van der Waals surface area contributed by atoms with Gasteiger partial charge in [0.1, 0.15) is 5.56 Å². The summed E-state index contributed by atoms with van der Waals surface area (Å²) in [6, 6.07) is 0. The van der Waals surface area contributed by atoms with Gasteiger partial charge in [0.05, 0.1) is 26.3 Å². The number of carboxylic acid groups (broad SMARTS) is 2. The van der Waals surface area contributed by atoms with Gasteiger partial charge in [0.25, 0.3) is 0 Å². The second kappa shape index (κ2) is 5.94. The second-order valence-corrected chi connectivity index (χ2v) is 3.57. The molecule has 0 aliphatic heterocycles. The lowest BCUT2D eigenvalue weighted by atomic mass is 10.0. The molecule has 0 aliphatic carbocycles. The molecule has 1 aromatic rings. The van der Waals surface area contributed by atoms with Crippen LogP contribution in [0.3, 0.4) is 0 Å². The Kier molecular flexibility index (Phi) is 4.53. The summed E-state index contributed by atoms with van der Waals surface area (Å²) < 4.78 is 14.5. The normalized spacial score (nSPS) is 9.86. The van der Waals surface area contributed by atoms with Crippen molar-refractivity contribution in [3.05, 3.63) is 21.2 Å². The van der Waals surface area contributed by atoms with E-state index in [2.05, 4.69) is 0 Å². The third kappa shape index (κ3) is 2.50. The van der Waals surface area contributed by atoms with Crippen LogP contribution in [0.15, 0.2) is 0 Å². The summed E-state index contributed by atoms with van der Waals surface area (Å²) in [6.45, 7) is 0. The van der Waals surface area contributed by atoms with Gasteiger partial charge >= 0.3 is 17.6 Å². The molecule has 2 N–H and O–H groups in total. The number of hydrogen-bond acceptors (Lipinski definition) is 7. The van der Waals surface area contributed by atoms with E-state index in [1.165, 1.54) is 0 Å². The number of aromatic carboxylic acids is 2. The quantitative estimate of drug-likeness (QED) is 0.580. The zero-order chi connectivity index (χ0) is 16.3. The largest absolute Gasteiger partial charge is 0.492 e. The molecule has 10 nitrogen and oxygen atoms in total. The number of carbonyl (C=O) groups is 2. The van der Waals surface area contributed by atoms with E-state index in [0.29, 0.717) is 0 Å². The van der Waals surface area contributed by atoms with Crippen molar-refractivity contribution in [2.75, 3.05) is 21.3 Å². The Morgan fingerprint density at radius 3 is 1.62 bits per heavy atom. The first-order valence-electron chi connectivity index (χ1n) is 5.28. The Bertz CT molecular complexity index is 580. The number of nitrogens with zero attached hydrogens (tertiary/aromatic N) is 1. The van der Waals surface area contributed by atoms with Crippen LogP contribution >= 0.6 is 0 Å². The molecule has 0 aromatic heterocycles. The number of benzene rings is 1. The van der Waals surface area contributed by atoms with Crippen molar-refractivity contribution in [1.29, 1.82) is 0 Å². The molecular formula is C11H11NO9. The molecule has 10 heteroatoms. The van der Waals surface area contributed by atoms with E-state index in [0.717, 1.165) is 21.3 Å². The lowest BCUT2D eigenvalue weighted by molar-refractivity contribution is -0.386. The molecule has 0 saturated carbocycles. The Hall–Kier alpha value is -3.04. The van der Waals surface area contributed by atoms with Crippen molar-refractivity contribution in [2.45, 2.75) is 0 Å². The van der Waals surface area contributed by atoms with Crippen LogP contribution in [0.5, 0.6) is 17.2 Å². The molecule has 21 heavy (non-hydrogen) atoms. The zero-order valence-electron chi connectivity index (χ0n) is 11.2. The zero-order valence-corrected chi connectivity index (χ0v) is 11.2. The highest BCUT2D eigenvalue weighted by Gasteiger charge is 2.39. The van der Waals surface area contributed by atoms with Crippen molar-refractivity contribution in [3.63, 3.8) is 0 Å². The highest BCUT2D eigenvalue weighted by atomic mass is 16.6. The van der Waals surface area contributed by atoms with Crippen molar-refractivity contribution in [1.82, 2.24) is 0 Å². The van der Waals surface area contributed by atoms with Gasteiger partial charge in [-0.15, -0.1) is 0 Å². The van der Waals surface area contributed by atoms with Crippen LogP contribution in [0.2, 0.25) is 0 Å². The lowest BCUT2D eigenvalue weighted by Crippen LogP contribution is -2.15. The minimum absolute atomic E-state index is 0.380. The molecule has 0 spiro atoms. The van der Waals surface area contributed by atoms with Crippen molar-refractivity contribution in [3.8, 4) is 17.2 Å². The van der Waals surface area contributed by atoms with Crippen LogP contribution in [0.25, 0.3) is 0 Å². The Morgan fingerprint density at radius 1 is 0.905 bits per heavy atom. The molecule has 0 bridgehead atoms. The Balaban J connectivity index is 4.12. The topological polar surface area (TPSA) is 145 Å². The van der Waals surface area contributed by atoms with E-state index in [1.54, 1.807) is 0 Å². The van der Waals surface area contributed by atoms with Gasteiger partial charge in [-0.05, 0) is 0 Å². The first-order chi connectivity index (χ1) is 9.81. The average molecular weight is 301 g/mol. The maximum atomic E-state index is 11.3. The average Bonchev–Trinajstić information content (AvgIpc) is 2.42. The maximum absolute atomic E-state index is 11.3. The molecule has 0 atom stereocenters. The monoisotopic (exact) mass is 301 g/mol. The molecule has 0 unspecified atom stereocenters. The summed E-state index contributed by atoms with van der Waals surface area (Å²) in [5.74, 6) is -4.92. The smallest absolute Gasteiger partial charge is 0.343 e. The molecule has 0 aliphatic rings. The van der Waals surface area contributed by atoms with Crippen molar-refractivity contribution < 1.29 is 38.9 Å². The SMILES string of the molecule is COc1c(OC)c(C(=O)O)c(C(=O)O)c([N+](=O)[O-])c1OC. The van der Waals surface area contributed by atoms with E-state index in [9.17, 15) is 19.7 Å². The number of methoxy groups -OCH3 is 3. The van der Waals surface area contributed by atoms with Gasteiger partial charge in [0, 0.05) is 0 Å².